The lowest BCUT2D eigenvalue weighted by atomic mass is 10.1. The number of rotatable bonds is 4. The minimum Gasteiger partial charge on any atom is -0.463 e. The monoisotopic (exact) mass is 294 g/mol. The average Bonchev–Trinajstić information content (AvgIpc) is 2.94. The summed E-state index contributed by atoms with van der Waals surface area (Å²) in [7, 11) is 0. The van der Waals surface area contributed by atoms with Gasteiger partial charge >= 0.3 is 0 Å². The fourth-order valence-electron chi connectivity index (χ4n) is 2.46. The van der Waals surface area contributed by atoms with Crippen LogP contribution < -0.4 is 0 Å². The number of hydrogen-bond acceptors (Lipinski definition) is 2. The molecule has 0 spiro atoms. The predicted octanol–water partition coefficient (Wildman–Crippen LogP) is 4.47. The number of furan rings is 1. The zero-order valence-corrected chi connectivity index (χ0v) is 11.9. The second-order valence-corrected chi connectivity index (χ2v) is 5.92. The second kappa shape index (κ2) is 5.23. The first-order chi connectivity index (χ1) is 9.54. The van der Waals surface area contributed by atoms with Crippen LogP contribution in [0.5, 0.6) is 0 Å². The van der Waals surface area contributed by atoms with Gasteiger partial charge in [0, 0.05) is 17.4 Å². The molecule has 0 amide bonds. The van der Waals surface area contributed by atoms with E-state index in [2.05, 4.69) is 6.92 Å². The summed E-state index contributed by atoms with van der Waals surface area (Å²) in [4.78, 5) is 0. The Kier molecular flexibility index (Phi) is 3.57. The van der Waals surface area contributed by atoms with Gasteiger partial charge in [-0.15, -0.1) is 0 Å². The van der Waals surface area contributed by atoms with Crippen molar-refractivity contribution in [3.63, 3.8) is 0 Å². The Morgan fingerprint density at radius 3 is 2.80 bits per heavy atom. The van der Waals surface area contributed by atoms with Crippen molar-refractivity contribution in [2.45, 2.75) is 31.8 Å². The SMILES string of the molecule is CC1CC1c1ccc(C(O)Cc2ccc(F)cc2Cl)o1. The molecule has 1 aliphatic rings. The van der Waals surface area contributed by atoms with Crippen molar-refractivity contribution in [3.05, 3.63) is 58.3 Å². The molecule has 3 unspecified atom stereocenters. The molecule has 20 heavy (non-hydrogen) atoms. The number of aliphatic hydroxyl groups is 1. The van der Waals surface area contributed by atoms with Crippen LogP contribution >= 0.6 is 11.6 Å². The molecule has 1 fully saturated rings. The predicted molar refractivity (Wildman–Crippen MR) is 75.3 cm³/mol. The number of halogens is 2. The highest BCUT2D eigenvalue weighted by Crippen LogP contribution is 2.47. The molecule has 0 aliphatic heterocycles. The molecular weight excluding hydrogens is 279 g/mol. The lowest BCUT2D eigenvalue weighted by Crippen LogP contribution is -2.01. The van der Waals surface area contributed by atoms with Crippen LogP contribution in [0, 0.1) is 11.7 Å². The molecule has 2 nitrogen and oxygen atoms in total. The summed E-state index contributed by atoms with van der Waals surface area (Å²) in [6.07, 6.45) is 0.694. The molecule has 4 heteroatoms. The molecule has 1 N–H and O–H groups in total. The molecular formula is C16H16ClFO2. The normalized spacial score (nSPS) is 22.8. The molecule has 1 heterocycles. The zero-order valence-electron chi connectivity index (χ0n) is 11.1. The summed E-state index contributed by atoms with van der Waals surface area (Å²) < 4.78 is 18.7. The molecule has 2 aromatic rings. The first kappa shape index (κ1) is 13.7. The van der Waals surface area contributed by atoms with Crippen LogP contribution in [0.15, 0.2) is 34.7 Å². The maximum Gasteiger partial charge on any atom is 0.133 e. The Balaban J connectivity index is 1.72. The van der Waals surface area contributed by atoms with Gasteiger partial charge in [-0.1, -0.05) is 24.6 Å². The molecule has 0 bridgehead atoms. The summed E-state index contributed by atoms with van der Waals surface area (Å²) in [5.74, 6) is 2.26. The Morgan fingerprint density at radius 1 is 1.40 bits per heavy atom. The molecule has 0 saturated heterocycles. The van der Waals surface area contributed by atoms with Gasteiger partial charge in [0.2, 0.25) is 0 Å². The van der Waals surface area contributed by atoms with Crippen LogP contribution in [0.3, 0.4) is 0 Å². The number of benzene rings is 1. The minimum atomic E-state index is -0.763. The molecule has 106 valence electrons. The van der Waals surface area contributed by atoms with Crippen LogP contribution in [-0.2, 0) is 6.42 Å². The van der Waals surface area contributed by atoms with E-state index in [1.165, 1.54) is 12.1 Å². The van der Waals surface area contributed by atoms with Crippen molar-refractivity contribution in [2.75, 3.05) is 0 Å². The third-order valence-electron chi connectivity index (χ3n) is 3.88. The van der Waals surface area contributed by atoms with E-state index in [4.69, 9.17) is 16.0 Å². The maximum atomic E-state index is 13.0. The van der Waals surface area contributed by atoms with Gasteiger partial charge in [0.1, 0.15) is 23.4 Å². The largest absolute Gasteiger partial charge is 0.463 e. The second-order valence-electron chi connectivity index (χ2n) is 5.52. The van der Waals surface area contributed by atoms with Crippen molar-refractivity contribution in [3.8, 4) is 0 Å². The molecule has 1 aromatic carbocycles. The summed E-state index contributed by atoms with van der Waals surface area (Å²) in [6.45, 7) is 2.18. The van der Waals surface area contributed by atoms with Gasteiger partial charge < -0.3 is 9.52 Å². The lowest BCUT2D eigenvalue weighted by molar-refractivity contribution is 0.148. The van der Waals surface area contributed by atoms with E-state index in [0.29, 0.717) is 34.6 Å². The molecule has 0 radical (unpaired) electrons. The van der Waals surface area contributed by atoms with E-state index in [0.717, 1.165) is 12.2 Å². The zero-order chi connectivity index (χ0) is 14.3. The highest BCUT2D eigenvalue weighted by molar-refractivity contribution is 6.31. The van der Waals surface area contributed by atoms with E-state index in [1.807, 2.05) is 12.1 Å². The van der Waals surface area contributed by atoms with Gasteiger partial charge in [-0.05, 0) is 42.2 Å². The summed E-state index contributed by atoms with van der Waals surface area (Å²) in [6, 6.07) is 7.92. The van der Waals surface area contributed by atoms with Crippen molar-refractivity contribution < 1.29 is 13.9 Å². The Bertz CT molecular complexity index is 623. The van der Waals surface area contributed by atoms with Crippen LogP contribution in [-0.4, -0.2) is 5.11 Å². The number of aliphatic hydroxyl groups excluding tert-OH is 1. The van der Waals surface area contributed by atoms with Crippen LogP contribution in [0.25, 0.3) is 0 Å². The fraction of sp³-hybridized carbons (Fsp3) is 0.375. The van der Waals surface area contributed by atoms with E-state index in [-0.39, 0.29) is 5.82 Å². The molecule has 1 aliphatic carbocycles. The van der Waals surface area contributed by atoms with Crippen molar-refractivity contribution in [2.24, 2.45) is 5.92 Å². The summed E-state index contributed by atoms with van der Waals surface area (Å²) in [5, 5.41) is 10.5. The van der Waals surface area contributed by atoms with Gasteiger partial charge in [0.25, 0.3) is 0 Å². The topological polar surface area (TPSA) is 33.4 Å². The smallest absolute Gasteiger partial charge is 0.133 e. The third-order valence-corrected chi connectivity index (χ3v) is 4.23. The van der Waals surface area contributed by atoms with Crippen molar-refractivity contribution >= 4 is 11.6 Å². The molecule has 1 saturated carbocycles. The molecule has 1 aromatic heterocycles. The van der Waals surface area contributed by atoms with Gasteiger partial charge in [0.15, 0.2) is 0 Å². The standard InChI is InChI=1S/C16H16ClFO2/c1-9-6-12(9)15-4-5-16(20-15)14(19)7-10-2-3-11(18)8-13(10)17/h2-5,8-9,12,14,19H,6-7H2,1H3. The Morgan fingerprint density at radius 2 is 2.15 bits per heavy atom. The van der Waals surface area contributed by atoms with E-state index in [9.17, 15) is 9.50 Å². The van der Waals surface area contributed by atoms with E-state index in [1.54, 1.807) is 6.07 Å². The molecule has 3 atom stereocenters. The highest BCUT2D eigenvalue weighted by atomic mass is 35.5. The van der Waals surface area contributed by atoms with E-state index >= 15 is 0 Å². The minimum absolute atomic E-state index is 0.312. The fourth-order valence-corrected chi connectivity index (χ4v) is 2.71. The first-order valence-corrected chi connectivity index (χ1v) is 7.14. The third kappa shape index (κ3) is 2.74. The lowest BCUT2D eigenvalue weighted by Gasteiger charge is -2.09. The van der Waals surface area contributed by atoms with Crippen molar-refractivity contribution in [1.82, 2.24) is 0 Å². The van der Waals surface area contributed by atoms with Gasteiger partial charge in [-0.25, -0.2) is 4.39 Å². The average molecular weight is 295 g/mol. The first-order valence-electron chi connectivity index (χ1n) is 6.76. The highest BCUT2D eigenvalue weighted by Gasteiger charge is 2.36. The van der Waals surface area contributed by atoms with Crippen LogP contribution in [0.2, 0.25) is 5.02 Å². The van der Waals surface area contributed by atoms with E-state index < -0.39 is 6.10 Å². The van der Waals surface area contributed by atoms with Crippen LogP contribution in [0.4, 0.5) is 4.39 Å². The van der Waals surface area contributed by atoms with Crippen LogP contribution in [0.1, 0.15) is 42.5 Å². The van der Waals surface area contributed by atoms with Crippen molar-refractivity contribution in [1.29, 1.82) is 0 Å². The maximum absolute atomic E-state index is 13.0. The summed E-state index contributed by atoms with van der Waals surface area (Å²) in [5.41, 5.74) is 0.707. The number of hydrogen-bond donors (Lipinski definition) is 1. The van der Waals surface area contributed by atoms with Gasteiger partial charge in [-0.2, -0.15) is 0 Å². The molecule has 3 rings (SSSR count). The quantitative estimate of drug-likeness (QED) is 0.902. The van der Waals surface area contributed by atoms with Gasteiger partial charge in [0.05, 0.1) is 0 Å². The van der Waals surface area contributed by atoms with Gasteiger partial charge in [-0.3, -0.25) is 0 Å². The summed E-state index contributed by atoms with van der Waals surface area (Å²) >= 11 is 5.96. The Labute approximate surface area is 122 Å². The Hall–Kier alpha value is -1.32.